The maximum absolute atomic E-state index is 8.08. The summed E-state index contributed by atoms with van der Waals surface area (Å²) < 4.78 is 3.94. The molecule has 6 heteroatoms. The molecule has 0 aliphatic rings. The average Bonchev–Trinajstić information content (AvgIpc) is 1.35. The molecular formula is H2IO3PS. The fourth-order valence-corrected chi connectivity index (χ4v) is 0. The molecule has 0 aromatic rings. The zero-order valence-electron chi connectivity index (χ0n) is 2.54. The highest BCUT2D eigenvalue weighted by Crippen LogP contribution is 2.38. The van der Waals surface area contributed by atoms with Crippen LogP contribution in [-0.2, 0) is 14.7 Å². The lowest BCUT2D eigenvalue weighted by Gasteiger charge is -1.96. The van der Waals surface area contributed by atoms with E-state index < -0.39 is 6.72 Å². The van der Waals surface area contributed by atoms with Crippen molar-refractivity contribution in [3.8, 4) is 0 Å². The lowest BCUT2D eigenvalue weighted by molar-refractivity contribution is 0.408. The van der Waals surface area contributed by atoms with Gasteiger partial charge in [-0.15, -0.1) is 0 Å². The minimum atomic E-state index is -3.33. The molecule has 0 atom stereocenters. The van der Waals surface area contributed by atoms with E-state index in [-0.39, 0.29) is 0 Å². The summed E-state index contributed by atoms with van der Waals surface area (Å²) in [5, 5.41) is 0. The second kappa shape index (κ2) is 2.54. The van der Waals surface area contributed by atoms with Gasteiger partial charge in [0.25, 0.3) is 0 Å². The molecule has 6 heavy (non-hydrogen) atoms. The van der Waals surface area contributed by atoms with Gasteiger partial charge in [0.15, 0.2) is 0 Å². The first-order valence-corrected chi connectivity index (χ1v) is 4.43. The highest BCUT2D eigenvalue weighted by Gasteiger charge is 2.02. The maximum atomic E-state index is 8.08. The SMILES string of the molecule is OP(O)(=S)OI. The third-order valence-corrected chi connectivity index (χ3v) is 2.94. The first-order valence-electron chi connectivity index (χ1n) is 0.919. The molecule has 0 aliphatic heterocycles. The second-order valence-electron chi connectivity index (χ2n) is 0.560. The molecule has 0 heterocycles. The van der Waals surface area contributed by atoms with Gasteiger partial charge in [-0.1, -0.05) is 0 Å². The van der Waals surface area contributed by atoms with Crippen LogP contribution in [0.1, 0.15) is 0 Å². The van der Waals surface area contributed by atoms with Crippen molar-refractivity contribution in [3.05, 3.63) is 0 Å². The van der Waals surface area contributed by atoms with E-state index in [2.05, 4.69) is 14.7 Å². The van der Waals surface area contributed by atoms with E-state index in [0.29, 0.717) is 0 Å². The van der Waals surface area contributed by atoms with Gasteiger partial charge in [-0.05, 0) is 11.8 Å². The molecule has 0 radical (unpaired) electrons. The molecule has 0 aromatic carbocycles. The van der Waals surface area contributed by atoms with Gasteiger partial charge in [0, 0.05) is 0 Å². The van der Waals surface area contributed by atoms with E-state index in [1.165, 1.54) is 23.0 Å². The Morgan fingerprint density at radius 3 is 1.83 bits per heavy atom. The molecule has 0 bridgehead atoms. The monoisotopic (exact) mass is 240 g/mol. The number of hydrogen-bond acceptors (Lipinski definition) is 2. The van der Waals surface area contributed by atoms with E-state index in [1.807, 2.05) is 0 Å². The Hall–Kier alpha value is 1.26. The Bertz CT molecular complexity index is 74.9. The molecule has 0 spiro atoms. The maximum Gasteiger partial charge on any atom is 0.331 e. The molecule has 0 saturated carbocycles. The largest absolute Gasteiger partial charge is 0.331 e. The molecule has 0 fully saturated rings. The van der Waals surface area contributed by atoms with Crippen LogP contribution in [0.3, 0.4) is 0 Å². The molecule has 0 aromatic heterocycles. The summed E-state index contributed by atoms with van der Waals surface area (Å²) in [6, 6.07) is 0. The molecule has 38 valence electrons. The van der Waals surface area contributed by atoms with Crippen molar-refractivity contribution in [3.63, 3.8) is 0 Å². The third kappa shape index (κ3) is 5.26. The zero-order chi connectivity index (χ0) is 5.21. The summed E-state index contributed by atoms with van der Waals surface area (Å²) in [7, 11) is 0. The zero-order valence-corrected chi connectivity index (χ0v) is 6.40. The van der Waals surface area contributed by atoms with E-state index in [1.54, 1.807) is 0 Å². The second-order valence-corrected chi connectivity index (χ2v) is 4.29. The average molecular weight is 240 g/mol. The van der Waals surface area contributed by atoms with Crippen LogP contribution in [0.15, 0.2) is 0 Å². The Morgan fingerprint density at radius 1 is 1.67 bits per heavy atom. The molecule has 0 aliphatic carbocycles. The van der Waals surface area contributed by atoms with Crippen molar-refractivity contribution < 1.29 is 12.6 Å². The van der Waals surface area contributed by atoms with Crippen LogP contribution in [0, 0.1) is 0 Å². The molecule has 0 rings (SSSR count). The van der Waals surface area contributed by atoms with E-state index in [9.17, 15) is 0 Å². The Labute approximate surface area is 54.3 Å². The molecule has 3 nitrogen and oxygen atoms in total. The molecule has 0 unspecified atom stereocenters. The van der Waals surface area contributed by atoms with Gasteiger partial charge in [0.1, 0.15) is 23.0 Å². The fourth-order valence-electron chi connectivity index (χ4n) is 0. The van der Waals surface area contributed by atoms with Crippen LogP contribution in [0.5, 0.6) is 0 Å². The Balaban J connectivity index is 3.48. The van der Waals surface area contributed by atoms with Gasteiger partial charge in [-0.2, -0.15) is 0 Å². The molecule has 0 amide bonds. The van der Waals surface area contributed by atoms with Crippen LogP contribution in [0.2, 0.25) is 0 Å². The highest BCUT2D eigenvalue weighted by atomic mass is 127. The summed E-state index contributed by atoms with van der Waals surface area (Å²) in [6.07, 6.45) is 0. The van der Waals surface area contributed by atoms with E-state index in [4.69, 9.17) is 9.79 Å². The highest BCUT2D eigenvalue weighted by molar-refractivity contribution is 14.1. The summed E-state index contributed by atoms with van der Waals surface area (Å²) >= 11 is 5.32. The standard InChI is InChI=1S/H2IO3PS/c1-4-5(2,3)6/h(H2,2,3,6). The number of hydrogen-bond donors (Lipinski definition) is 2. The van der Waals surface area contributed by atoms with Crippen molar-refractivity contribution >= 4 is 41.5 Å². The van der Waals surface area contributed by atoms with Gasteiger partial charge in [0.05, 0.1) is 0 Å². The van der Waals surface area contributed by atoms with Gasteiger partial charge in [-0.25, -0.2) is 2.85 Å². The van der Waals surface area contributed by atoms with Gasteiger partial charge in [-0.3, -0.25) is 0 Å². The third-order valence-electron chi connectivity index (χ3n) is 0.0899. The van der Waals surface area contributed by atoms with Gasteiger partial charge >= 0.3 is 6.72 Å². The van der Waals surface area contributed by atoms with Crippen LogP contribution < -0.4 is 0 Å². The molecule has 2 N–H and O–H groups in total. The molecular weight excluding hydrogens is 238 g/mol. The van der Waals surface area contributed by atoms with Gasteiger partial charge in [0.2, 0.25) is 0 Å². The van der Waals surface area contributed by atoms with Crippen molar-refractivity contribution in [1.29, 1.82) is 0 Å². The van der Waals surface area contributed by atoms with E-state index in [0.717, 1.165) is 0 Å². The summed E-state index contributed by atoms with van der Waals surface area (Å²) in [4.78, 5) is 16.2. The van der Waals surface area contributed by atoms with Crippen molar-refractivity contribution in [2.45, 2.75) is 0 Å². The summed E-state index contributed by atoms with van der Waals surface area (Å²) in [6.45, 7) is -3.33. The van der Waals surface area contributed by atoms with Crippen LogP contribution >= 0.6 is 29.7 Å². The number of halogens is 1. The normalized spacial score (nSPS) is 11.8. The Morgan fingerprint density at radius 2 is 1.83 bits per heavy atom. The molecule has 0 saturated heterocycles. The first-order chi connectivity index (χ1) is 2.56. The van der Waals surface area contributed by atoms with Crippen molar-refractivity contribution in [2.75, 3.05) is 0 Å². The topological polar surface area (TPSA) is 49.7 Å². The number of rotatable bonds is 1. The lowest BCUT2D eigenvalue weighted by Crippen LogP contribution is -1.68. The van der Waals surface area contributed by atoms with Crippen LogP contribution in [0.4, 0.5) is 0 Å². The van der Waals surface area contributed by atoms with Crippen LogP contribution in [-0.4, -0.2) is 9.79 Å². The predicted octanol–water partition coefficient (Wildman–Crippen LogP) is 0.562. The minimum Gasteiger partial charge on any atom is -0.324 e. The Kier molecular flexibility index (Phi) is 3.07. The summed E-state index contributed by atoms with van der Waals surface area (Å²) in [5.41, 5.74) is 0. The van der Waals surface area contributed by atoms with E-state index >= 15 is 0 Å². The predicted molar refractivity (Wildman–Crippen MR) is 33.8 cm³/mol. The first kappa shape index (κ1) is 7.26. The lowest BCUT2D eigenvalue weighted by atomic mass is 15.8. The summed E-state index contributed by atoms with van der Waals surface area (Å²) in [5.74, 6) is 0. The van der Waals surface area contributed by atoms with Gasteiger partial charge < -0.3 is 9.79 Å². The smallest absolute Gasteiger partial charge is 0.324 e. The quantitative estimate of drug-likeness (QED) is 0.519. The van der Waals surface area contributed by atoms with Crippen molar-refractivity contribution in [2.24, 2.45) is 0 Å². The van der Waals surface area contributed by atoms with Crippen molar-refractivity contribution in [1.82, 2.24) is 0 Å². The van der Waals surface area contributed by atoms with Crippen LogP contribution in [0.25, 0.3) is 0 Å². The fraction of sp³-hybridized carbons (Fsp3) is 0. The minimum absolute atomic E-state index is 1.34.